The quantitative estimate of drug-likeness (QED) is 0.114. The molecule has 0 bridgehead atoms. The molecule has 4 heterocycles. The average Bonchev–Trinajstić information content (AvgIpc) is 3.51. The minimum Gasteiger partial charge on any atom is -0.543 e. The number of thiazole rings is 2. The molecular weight excluding hydrogens is 582 g/mol. The summed E-state index contributed by atoms with van der Waals surface area (Å²) in [4.78, 5) is 53.6. The van der Waals surface area contributed by atoms with Gasteiger partial charge in [-0.15, -0.1) is 34.4 Å². The number of nitrogen functional groups attached to an aromatic ring is 1. The Hall–Kier alpha value is -3.34. The van der Waals surface area contributed by atoms with E-state index in [0.717, 1.165) is 28.5 Å². The number of quaternary nitrogens is 1. The van der Waals surface area contributed by atoms with Crippen LogP contribution in [0.1, 0.15) is 16.3 Å². The number of aryl methyl sites for hydroxylation is 1. The third kappa shape index (κ3) is 6.51. The zero-order valence-corrected chi connectivity index (χ0v) is 24.4. The predicted molar refractivity (Wildman–Crippen MR) is 149 cm³/mol. The Balaban J connectivity index is 1.46. The number of carbonyl (C=O) groups excluding carboxylic acids is 3. The van der Waals surface area contributed by atoms with Crippen molar-refractivity contribution in [2.45, 2.75) is 24.9 Å². The lowest BCUT2D eigenvalue weighted by Crippen LogP contribution is -2.71. The number of fused-ring (bicyclic) bond motifs is 1. The van der Waals surface area contributed by atoms with E-state index in [1.165, 1.54) is 22.0 Å². The molecule has 0 saturated carbocycles. The van der Waals surface area contributed by atoms with Gasteiger partial charge in [0.25, 0.3) is 11.8 Å². The highest BCUT2D eigenvalue weighted by Crippen LogP contribution is 2.40. The van der Waals surface area contributed by atoms with Crippen molar-refractivity contribution in [3.8, 4) is 0 Å². The van der Waals surface area contributed by atoms with Crippen molar-refractivity contribution >= 4 is 63.1 Å². The van der Waals surface area contributed by atoms with Gasteiger partial charge in [-0.1, -0.05) is 11.2 Å². The van der Waals surface area contributed by atoms with Crippen LogP contribution in [-0.4, -0.2) is 93.9 Å². The first-order chi connectivity index (χ1) is 19.0. The Bertz CT molecular complexity index is 1390. The molecule has 4 rings (SSSR count). The number of likely N-dealkylation sites (N-methyl/N-ethyl adjacent to an activating group) is 1. The van der Waals surface area contributed by atoms with Gasteiger partial charge in [0.2, 0.25) is 0 Å². The van der Waals surface area contributed by atoms with Crippen LogP contribution in [0.15, 0.2) is 39.5 Å². The molecule has 2 aromatic heterocycles. The number of carboxylic acids is 1. The van der Waals surface area contributed by atoms with Crippen LogP contribution in [0.4, 0.5) is 9.52 Å². The Morgan fingerprint density at radius 2 is 2.17 bits per heavy atom. The van der Waals surface area contributed by atoms with Crippen molar-refractivity contribution in [2.24, 2.45) is 5.16 Å². The molecule has 40 heavy (non-hydrogen) atoms. The number of hydrogen-bond donors (Lipinski definition) is 2. The Labute approximate surface area is 242 Å². The number of halogens is 1. The van der Waals surface area contributed by atoms with Gasteiger partial charge in [-0.3, -0.25) is 14.5 Å². The maximum atomic E-state index is 13.0. The van der Waals surface area contributed by atoms with Crippen LogP contribution in [0.2, 0.25) is 0 Å². The predicted octanol–water partition coefficient (Wildman–Crippen LogP) is 0.417. The van der Waals surface area contributed by atoms with Crippen molar-refractivity contribution in [1.29, 1.82) is 0 Å². The number of hydrogen-bond acceptors (Lipinski definition) is 12. The second kappa shape index (κ2) is 12.4. The van der Waals surface area contributed by atoms with E-state index in [2.05, 4.69) is 34.5 Å². The van der Waals surface area contributed by atoms with Gasteiger partial charge in [0.1, 0.15) is 36.9 Å². The number of carboxylic acid groups (broad SMARTS) is 1. The number of anilines is 1. The topological polar surface area (TPSA) is 163 Å². The molecule has 0 unspecified atom stereocenters. The molecule has 0 aliphatic carbocycles. The standard InChI is InChI=1S/C24H28FN7O5S3/c1-13-16(40-12-27-13)9-32(2,3)7-4-5-14-10-38-22-18(21(34)31(22)19(14)23(35)36)29-20(33)17(30-37-8-6-25)15-11-39-24(26)28-15/h4-5,11-12,18,22H,6-10H2,1-3H3,(H3-,26,28,29,33,35,36)/b5-4+,30-17-/t18-,22-/m1/s1. The summed E-state index contributed by atoms with van der Waals surface area (Å²) in [5.41, 5.74) is 8.53. The first-order valence-electron chi connectivity index (χ1n) is 12.1. The number of nitrogens with zero attached hydrogens (tertiary/aromatic N) is 5. The highest BCUT2D eigenvalue weighted by molar-refractivity contribution is 8.00. The highest BCUT2D eigenvalue weighted by atomic mass is 32.2. The molecule has 2 amide bonds. The van der Waals surface area contributed by atoms with Crippen LogP contribution < -0.4 is 16.2 Å². The van der Waals surface area contributed by atoms with Gasteiger partial charge >= 0.3 is 0 Å². The molecule has 0 aromatic carbocycles. The fraction of sp³-hybridized carbons (Fsp3) is 0.417. The molecule has 12 nitrogen and oxygen atoms in total. The highest BCUT2D eigenvalue weighted by Gasteiger charge is 2.53. The average molecular weight is 610 g/mol. The van der Waals surface area contributed by atoms with E-state index in [9.17, 15) is 23.9 Å². The van der Waals surface area contributed by atoms with Gasteiger partial charge in [-0.2, -0.15) is 0 Å². The number of β-lactam (4-membered cyclic amide) rings is 1. The number of aromatic nitrogens is 2. The van der Waals surface area contributed by atoms with Crippen molar-refractivity contribution < 1.29 is 33.2 Å². The smallest absolute Gasteiger partial charge is 0.276 e. The summed E-state index contributed by atoms with van der Waals surface area (Å²) < 4.78 is 13.1. The molecule has 0 spiro atoms. The third-order valence-corrected chi connectivity index (χ3v) is 9.01. The number of nitrogens with two attached hydrogens (primary N) is 1. The van der Waals surface area contributed by atoms with E-state index in [4.69, 9.17) is 10.6 Å². The SMILES string of the molecule is Cc1ncsc1C[N+](C)(C)C/C=C/C1=C(C(=O)[O-])N2C(=O)[C@@H](NC(=O)/C(=N\OCCF)c3csc(N)n3)[C@H]2SC1. The maximum absolute atomic E-state index is 13.0. The van der Waals surface area contributed by atoms with E-state index in [0.29, 0.717) is 22.4 Å². The van der Waals surface area contributed by atoms with E-state index < -0.39 is 35.9 Å². The van der Waals surface area contributed by atoms with Gasteiger partial charge in [-0.05, 0) is 18.6 Å². The second-order valence-corrected chi connectivity index (χ2v) is 12.5. The fourth-order valence-electron chi connectivity index (χ4n) is 4.13. The lowest BCUT2D eigenvalue weighted by Gasteiger charge is -2.50. The van der Waals surface area contributed by atoms with E-state index >= 15 is 0 Å². The first kappa shape index (κ1) is 29.6. The summed E-state index contributed by atoms with van der Waals surface area (Å²) in [6.45, 7) is 2.17. The van der Waals surface area contributed by atoms with Gasteiger partial charge in [0.15, 0.2) is 10.8 Å². The summed E-state index contributed by atoms with van der Waals surface area (Å²) >= 11 is 3.98. The molecule has 0 radical (unpaired) electrons. The number of nitrogens with one attached hydrogen (secondary N) is 1. The van der Waals surface area contributed by atoms with E-state index in [-0.39, 0.29) is 28.8 Å². The summed E-state index contributed by atoms with van der Waals surface area (Å²) in [7, 11) is 4.13. The molecule has 1 saturated heterocycles. The molecule has 214 valence electrons. The van der Waals surface area contributed by atoms with Gasteiger partial charge < -0.3 is 30.3 Å². The number of oxime groups is 1. The molecule has 2 aromatic rings. The summed E-state index contributed by atoms with van der Waals surface area (Å²) in [6.07, 6.45) is 3.60. The Morgan fingerprint density at radius 1 is 1.40 bits per heavy atom. The number of allylic oxidation sites excluding steroid dienone is 1. The van der Waals surface area contributed by atoms with Crippen LogP contribution >= 0.6 is 34.4 Å². The number of amides is 2. The van der Waals surface area contributed by atoms with Crippen molar-refractivity contribution in [3.63, 3.8) is 0 Å². The number of thioether (sulfide) groups is 1. The van der Waals surface area contributed by atoms with Crippen LogP contribution in [0.3, 0.4) is 0 Å². The van der Waals surface area contributed by atoms with E-state index in [1.807, 2.05) is 18.5 Å². The van der Waals surface area contributed by atoms with Crippen molar-refractivity contribution in [3.05, 3.63) is 50.6 Å². The Morgan fingerprint density at radius 3 is 2.80 bits per heavy atom. The summed E-state index contributed by atoms with van der Waals surface area (Å²) in [5.74, 6) is -2.57. The van der Waals surface area contributed by atoms with Gasteiger partial charge in [0, 0.05) is 11.1 Å². The molecule has 2 aliphatic heterocycles. The summed E-state index contributed by atoms with van der Waals surface area (Å²) in [5, 5.41) is 19.3. The number of aliphatic carboxylic acids is 1. The van der Waals surface area contributed by atoms with Crippen LogP contribution in [0.5, 0.6) is 0 Å². The maximum Gasteiger partial charge on any atom is 0.276 e. The zero-order chi connectivity index (χ0) is 29.0. The molecule has 3 N–H and O–H groups in total. The first-order valence-corrected chi connectivity index (χ1v) is 14.9. The number of rotatable bonds is 12. The molecular formula is C24H28FN7O5S3. The zero-order valence-electron chi connectivity index (χ0n) is 22.0. The molecule has 16 heteroatoms. The largest absolute Gasteiger partial charge is 0.543 e. The number of alkyl halides is 1. The molecule has 2 aliphatic rings. The van der Waals surface area contributed by atoms with Gasteiger partial charge in [-0.25, -0.2) is 14.4 Å². The van der Waals surface area contributed by atoms with Crippen molar-refractivity contribution in [2.75, 3.05) is 45.4 Å². The molecule has 1 fully saturated rings. The number of carbonyl (C=O) groups is 3. The lowest BCUT2D eigenvalue weighted by molar-refractivity contribution is -0.897. The minimum atomic E-state index is -1.48. The monoisotopic (exact) mass is 609 g/mol. The normalized spacial score (nSPS) is 19.6. The van der Waals surface area contributed by atoms with Crippen molar-refractivity contribution in [1.82, 2.24) is 20.2 Å². The van der Waals surface area contributed by atoms with Gasteiger partial charge in [0.05, 0.1) is 48.4 Å². The third-order valence-electron chi connectivity index (χ3n) is 6.12. The second-order valence-electron chi connectivity index (χ2n) is 9.60. The van der Waals surface area contributed by atoms with E-state index in [1.54, 1.807) is 17.4 Å². The van der Waals surface area contributed by atoms with Crippen LogP contribution in [0.25, 0.3) is 0 Å². The lowest BCUT2D eigenvalue weighted by atomic mass is 10.0. The molecule has 2 atom stereocenters. The Kier molecular flexibility index (Phi) is 9.22. The van der Waals surface area contributed by atoms with Crippen LogP contribution in [-0.2, 0) is 25.8 Å². The minimum absolute atomic E-state index is 0.105. The fourth-order valence-corrected chi connectivity index (χ4v) is 6.98. The summed E-state index contributed by atoms with van der Waals surface area (Å²) in [6, 6.07) is -1.02. The van der Waals surface area contributed by atoms with Crippen LogP contribution in [0, 0.1) is 6.92 Å².